The number of aromatic carboxylic acids is 1. The number of carbonyl (C=O) groups is 2. The number of rotatable bonds is 7. The maximum Gasteiger partial charge on any atom is 0.335 e. The molecule has 5 rings (SSSR count). The molecular formula is C30H22N2O4. The van der Waals surface area contributed by atoms with Crippen LogP contribution in [0.2, 0.25) is 0 Å². The molecule has 1 heterocycles. The molecule has 1 N–H and O–H groups in total. The Kier molecular flexibility index (Phi) is 6.40. The molecule has 0 spiro atoms. The van der Waals surface area contributed by atoms with Gasteiger partial charge in [-0.05, 0) is 53.6 Å². The predicted molar refractivity (Wildman–Crippen MR) is 139 cm³/mol. The van der Waals surface area contributed by atoms with E-state index in [9.17, 15) is 9.59 Å². The van der Waals surface area contributed by atoms with Crippen molar-refractivity contribution in [2.45, 2.75) is 6.61 Å². The molecule has 1 amide bonds. The number of hydrogen-bond acceptors (Lipinski definition) is 4. The third-order valence-corrected chi connectivity index (χ3v) is 5.72. The molecule has 0 fully saturated rings. The maximum absolute atomic E-state index is 13.4. The third-order valence-electron chi connectivity index (χ3n) is 5.72. The SMILES string of the molecule is O=C(O)c1ccc(COc2ccc(/C=C3\C(=O)N(c4ccccc4)N=C3c3ccccc3)cc2)cc1. The molecule has 36 heavy (non-hydrogen) atoms. The van der Waals surface area contributed by atoms with E-state index in [-0.39, 0.29) is 11.5 Å². The van der Waals surface area contributed by atoms with Crippen LogP contribution >= 0.6 is 0 Å². The molecule has 1 aliphatic heterocycles. The number of carboxylic acid groups (broad SMARTS) is 1. The van der Waals surface area contributed by atoms with E-state index < -0.39 is 5.97 Å². The van der Waals surface area contributed by atoms with Crippen molar-refractivity contribution < 1.29 is 19.4 Å². The summed E-state index contributed by atoms with van der Waals surface area (Å²) in [5.74, 6) is -0.481. The predicted octanol–water partition coefficient (Wildman–Crippen LogP) is 5.80. The molecule has 6 heteroatoms. The molecule has 0 atom stereocenters. The average Bonchev–Trinajstić information content (AvgIpc) is 3.25. The van der Waals surface area contributed by atoms with Crippen LogP contribution < -0.4 is 9.75 Å². The summed E-state index contributed by atoms with van der Waals surface area (Å²) in [6.07, 6.45) is 1.84. The van der Waals surface area contributed by atoms with Gasteiger partial charge in [0.25, 0.3) is 5.91 Å². The van der Waals surface area contributed by atoms with Crippen molar-refractivity contribution in [1.82, 2.24) is 0 Å². The molecule has 0 radical (unpaired) electrons. The molecule has 0 bridgehead atoms. The summed E-state index contributed by atoms with van der Waals surface area (Å²) >= 11 is 0. The fourth-order valence-corrected chi connectivity index (χ4v) is 3.84. The summed E-state index contributed by atoms with van der Waals surface area (Å²) in [5.41, 5.74) is 4.65. The Morgan fingerprint density at radius 2 is 1.47 bits per heavy atom. The van der Waals surface area contributed by atoms with E-state index in [1.165, 1.54) is 5.01 Å². The number of anilines is 1. The van der Waals surface area contributed by atoms with Gasteiger partial charge < -0.3 is 9.84 Å². The van der Waals surface area contributed by atoms with Gasteiger partial charge in [-0.2, -0.15) is 10.1 Å². The van der Waals surface area contributed by atoms with Gasteiger partial charge in [0, 0.05) is 5.56 Å². The Bertz CT molecular complexity index is 1440. The summed E-state index contributed by atoms with van der Waals surface area (Å²) in [6, 6.07) is 33.0. The first-order valence-corrected chi connectivity index (χ1v) is 11.4. The van der Waals surface area contributed by atoms with Gasteiger partial charge in [-0.1, -0.05) is 72.8 Å². The topological polar surface area (TPSA) is 79.2 Å². The highest BCUT2D eigenvalue weighted by Gasteiger charge is 2.31. The fourth-order valence-electron chi connectivity index (χ4n) is 3.84. The Morgan fingerprint density at radius 1 is 0.833 bits per heavy atom. The lowest BCUT2D eigenvalue weighted by Gasteiger charge is -2.11. The molecule has 6 nitrogen and oxygen atoms in total. The van der Waals surface area contributed by atoms with Crippen molar-refractivity contribution in [2.24, 2.45) is 5.10 Å². The van der Waals surface area contributed by atoms with Gasteiger partial charge in [-0.3, -0.25) is 4.79 Å². The molecule has 0 saturated carbocycles. The number of hydrazone groups is 1. The van der Waals surface area contributed by atoms with Gasteiger partial charge in [-0.15, -0.1) is 0 Å². The quantitative estimate of drug-likeness (QED) is 0.344. The second-order valence-corrected chi connectivity index (χ2v) is 8.18. The van der Waals surface area contributed by atoms with Crippen molar-refractivity contribution >= 4 is 29.4 Å². The zero-order valence-corrected chi connectivity index (χ0v) is 19.2. The van der Waals surface area contributed by atoms with Crippen molar-refractivity contribution in [3.05, 3.63) is 137 Å². The standard InChI is InChI=1S/C30H22N2O4/c33-29-27(28(23-7-3-1-4-8-23)31-32(29)25-9-5-2-6-10-25)19-21-13-17-26(18-14-21)36-20-22-11-15-24(16-12-22)30(34)35/h1-19H,20H2,(H,34,35)/b27-19-. The summed E-state index contributed by atoms with van der Waals surface area (Å²) in [5, 5.41) is 15.1. The summed E-state index contributed by atoms with van der Waals surface area (Å²) in [7, 11) is 0. The number of carboxylic acids is 1. The number of benzene rings is 4. The lowest BCUT2D eigenvalue weighted by Crippen LogP contribution is -2.21. The van der Waals surface area contributed by atoms with Crippen LogP contribution in [0.1, 0.15) is 27.0 Å². The van der Waals surface area contributed by atoms with Crippen LogP contribution in [-0.2, 0) is 11.4 Å². The minimum absolute atomic E-state index is 0.190. The van der Waals surface area contributed by atoms with E-state index in [0.29, 0.717) is 29.3 Å². The first-order chi connectivity index (χ1) is 17.6. The Balaban J connectivity index is 1.36. The molecule has 4 aromatic carbocycles. The lowest BCUT2D eigenvalue weighted by atomic mass is 10.0. The van der Waals surface area contributed by atoms with Crippen LogP contribution in [-0.4, -0.2) is 22.7 Å². The molecule has 0 aliphatic carbocycles. The molecule has 176 valence electrons. The number of amides is 1. The molecule has 0 unspecified atom stereocenters. The molecule has 0 aromatic heterocycles. The van der Waals surface area contributed by atoms with Crippen LogP contribution in [0.4, 0.5) is 5.69 Å². The number of para-hydroxylation sites is 1. The van der Waals surface area contributed by atoms with Crippen LogP contribution in [0, 0.1) is 0 Å². The smallest absolute Gasteiger partial charge is 0.335 e. The van der Waals surface area contributed by atoms with E-state index in [2.05, 4.69) is 5.10 Å². The van der Waals surface area contributed by atoms with Gasteiger partial charge in [0.1, 0.15) is 18.1 Å². The first-order valence-electron chi connectivity index (χ1n) is 11.4. The van der Waals surface area contributed by atoms with Crippen molar-refractivity contribution in [3.63, 3.8) is 0 Å². The number of hydrogen-bond donors (Lipinski definition) is 1. The lowest BCUT2D eigenvalue weighted by molar-refractivity contribution is -0.114. The molecule has 4 aromatic rings. The highest BCUT2D eigenvalue weighted by atomic mass is 16.5. The number of carbonyl (C=O) groups excluding carboxylic acids is 1. The second kappa shape index (κ2) is 10.1. The average molecular weight is 475 g/mol. The number of nitrogens with zero attached hydrogens (tertiary/aromatic N) is 2. The maximum atomic E-state index is 13.4. The monoisotopic (exact) mass is 474 g/mol. The minimum Gasteiger partial charge on any atom is -0.489 e. The fraction of sp³-hybridized carbons (Fsp3) is 0.0333. The summed E-state index contributed by atoms with van der Waals surface area (Å²) < 4.78 is 5.84. The number of ether oxygens (including phenoxy) is 1. The highest BCUT2D eigenvalue weighted by Crippen LogP contribution is 2.28. The van der Waals surface area contributed by atoms with Crippen LogP contribution in [0.15, 0.2) is 120 Å². The van der Waals surface area contributed by atoms with Gasteiger partial charge >= 0.3 is 5.97 Å². The van der Waals surface area contributed by atoms with Gasteiger partial charge in [0.15, 0.2) is 0 Å². The minimum atomic E-state index is -0.958. The molecular weight excluding hydrogens is 452 g/mol. The van der Waals surface area contributed by atoms with Crippen molar-refractivity contribution in [1.29, 1.82) is 0 Å². The normalized spacial score (nSPS) is 14.1. The van der Waals surface area contributed by atoms with E-state index in [4.69, 9.17) is 9.84 Å². The van der Waals surface area contributed by atoms with Gasteiger partial charge in [0.05, 0.1) is 16.8 Å². The second-order valence-electron chi connectivity index (χ2n) is 8.18. The van der Waals surface area contributed by atoms with Crippen LogP contribution in [0.3, 0.4) is 0 Å². The van der Waals surface area contributed by atoms with Gasteiger partial charge in [-0.25, -0.2) is 4.79 Å². The molecule has 0 saturated heterocycles. The first kappa shape index (κ1) is 22.8. The zero-order valence-electron chi connectivity index (χ0n) is 19.2. The van der Waals surface area contributed by atoms with Gasteiger partial charge in [0.2, 0.25) is 0 Å². The van der Waals surface area contributed by atoms with Crippen LogP contribution in [0.25, 0.3) is 6.08 Å². The largest absolute Gasteiger partial charge is 0.489 e. The zero-order chi connectivity index (χ0) is 24.9. The highest BCUT2D eigenvalue weighted by molar-refractivity contribution is 6.37. The van der Waals surface area contributed by atoms with E-state index >= 15 is 0 Å². The van der Waals surface area contributed by atoms with Crippen molar-refractivity contribution in [2.75, 3.05) is 5.01 Å². The summed E-state index contributed by atoms with van der Waals surface area (Å²) in [4.78, 5) is 24.4. The van der Waals surface area contributed by atoms with E-state index in [0.717, 1.165) is 16.7 Å². The Morgan fingerprint density at radius 3 is 2.11 bits per heavy atom. The van der Waals surface area contributed by atoms with E-state index in [1.54, 1.807) is 24.3 Å². The van der Waals surface area contributed by atoms with E-state index in [1.807, 2.05) is 91.0 Å². The molecule has 1 aliphatic rings. The Labute approximate surface area is 208 Å². The van der Waals surface area contributed by atoms with Crippen molar-refractivity contribution in [3.8, 4) is 5.75 Å². The third kappa shape index (κ3) is 4.93. The Hall–Kier alpha value is -4.97. The van der Waals surface area contributed by atoms with Crippen LogP contribution in [0.5, 0.6) is 5.75 Å². The summed E-state index contributed by atoms with van der Waals surface area (Å²) in [6.45, 7) is 0.315.